The number of piperidine rings is 1. The number of hydrogen-bond donors (Lipinski definition) is 2. The molecule has 2 heterocycles. The van der Waals surface area contributed by atoms with E-state index in [2.05, 4.69) is 25.6 Å². The number of carbonyl (C=O) groups is 3. The highest BCUT2D eigenvalue weighted by Crippen LogP contribution is 2.34. The molecule has 0 radical (unpaired) electrons. The molecule has 0 aliphatic carbocycles. The number of hydrogen-bond acceptors (Lipinski definition) is 6. The molecule has 0 spiro atoms. The molecule has 1 saturated heterocycles. The molecular weight excluding hydrogens is 484 g/mol. The van der Waals surface area contributed by atoms with Gasteiger partial charge in [-0.1, -0.05) is 11.6 Å². The number of carbonyl (C=O) groups excluding carboxylic acids is 3. The summed E-state index contributed by atoms with van der Waals surface area (Å²) in [7, 11) is 0. The second-order valence-electron chi connectivity index (χ2n) is 8.09. The van der Waals surface area contributed by atoms with Crippen LogP contribution in [0.3, 0.4) is 0 Å². The summed E-state index contributed by atoms with van der Waals surface area (Å²) >= 11 is 6.20. The molecule has 1 aliphatic rings. The van der Waals surface area contributed by atoms with Crippen LogP contribution in [0.15, 0.2) is 24.3 Å². The maximum atomic E-state index is 14.8. The summed E-state index contributed by atoms with van der Waals surface area (Å²) in [5.41, 5.74) is -0.933. The normalized spacial score (nSPS) is 16.7. The van der Waals surface area contributed by atoms with Crippen LogP contribution in [0.2, 0.25) is 5.02 Å². The van der Waals surface area contributed by atoms with Gasteiger partial charge in [-0.15, -0.1) is 18.3 Å². The summed E-state index contributed by atoms with van der Waals surface area (Å²) in [6, 6.07) is 4.65. The molecule has 182 valence electrons. The monoisotopic (exact) mass is 502 g/mol. The van der Waals surface area contributed by atoms with Crippen LogP contribution in [-0.4, -0.2) is 34.3 Å². The molecule has 0 saturated carbocycles. The van der Waals surface area contributed by atoms with Crippen LogP contribution < -0.4 is 15.4 Å². The highest BCUT2D eigenvalue weighted by molar-refractivity contribution is 6.31. The Kier molecular flexibility index (Phi) is 7.10. The fourth-order valence-electron chi connectivity index (χ4n) is 3.39. The van der Waals surface area contributed by atoms with Crippen LogP contribution in [0.4, 0.5) is 17.6 Å². The zero-order valence-corrected chi connectivity index (χ0v) is 18.7. The molecule has 2 aromatic rings. The van der Waals surface area contributed by atoms with Gasteiger partial charge in [0.25, 0.3) is 0 Å². The molecule has 3 rings (SSSR count). The molecule has 34 heavy (non-hydrogen) atoms. The lowest BCUT2D eigenvalue weighted by atomic mass is 9.87. The van der Waals surface area contributed by atoms with E-state index in [1.165, 1.54) is 26.0 Å². The Hall–Kier alpha value is -3.28. The maximum Gasteiger partial charge on any atom is 0.574 e. The van der Waals surface area contributed by atoms with Crippen LogP contribution in [0.25, 0.3) is 0 Å². The van der Waals surface area contributed by atoms with E-state index in [-0.39, 0.29) is 35.7 Å². The van der Waals surface area contributed by atoms with Gasteiger partial charge in [-0.25, -0.2) is 4.39 Å². The van der Waals surface area contributed by atoms with E-state index in [1.54, 1.807) is 0 Å². The number of alkyl halides is 3. The topological polar surface area (TPSA) is 110 Å². The van der Waals surface area contributed by atoms with Gasteiger partial charge < -0.3 is 10.1 Å². The van der Waals surface area contributed by atoms with E-state index in [0.29, 0.717) is 5.56 Å². The molecule has 1 fully saturated rings. The van der Waals surface area contributed by atoms with E-state index >= 15 is 0 Å². The first-order valence-electron chi connectivity index (χ1n) is 9.97. The zero-order valence-electron chi connectivity index (χ0n) is 17.9. The first kappa shape index (κ1) is 25.3. The summed E-state index contributed by atoms with van der Waals surface area (Å²) in [4.78, 5) is 36.1. The number of aromatic nitrogens is 2. The third kappa shape index (κ3) is 5.79. The molecule has 1 aromatic carbocycles. The molecule has 0 bridgehead atoms. The standard InChI is InChI=1S/C21H19ClF4N4O4/c1-20(2,14-4-6-16(30-29-14)34-21(24,25)26)19(33)27-9-10-7-12(22)17(13(23)8-10)11-3-5-15(31)28-18(11)32/h4,6-8,11H,3,5,9H2,1-2H3,(H,27,33)(H,28,31,32). The van der Waals surface area contributed by atoms with Crippen molar-refractivity contribution in [1.29, 1.82) is 0 Å². The number of halogens is 5. The summed E-state index contributed by atoms with van der Waals surface area (Å²) in [5, 5.41) is 11.7. The van der Waals surface area contributed by atoms with Gasteiger partial charge in [0, 0.05) is 29.6 Å². The minimum absolute atomic E-state index is 0.0240. The Morgan fingerprint density at radius 3 is 2.50 bits per heavy atom. The Bertz CT molecular complexity index is 1100. The molecule has 1 aromatic heterocycles. The van der Waals surface area contributed by atoms with Crippen LogP contribution in [0.5, 0.6) is 5.88 Å². The van der Waals surface area contributed by atoms with E-state index < -0.39 is 47.1 Å². The van der Waals surface area contributed by atoms with Crippen molar-refractivity contribution < 1.29 is 36.7 Å². The van der Waals surface area contributed by atoms with Gasteiger partial charge in [-0.05, 0) is 44.0 Å². The number of rotatable bonds is 6. The molecule has 3 amide bonds. The smallest absolute Gasteiger partial charge is 0.386 e. The Labute approximate surface area is 196 Å². The quantitative estimate of drug-likeness (QED) is 0.463. The predicted octanol–water partition coefficient (Wildman–Crippen LogP) is 3.28. The van der Waals surface area contributed by atoms with Crippen molar-refractivity contribution >= 4 is 29.3 Å². The summed E-state index contributed by atoms with van der Waals surface area (Å²) < 4.78 is 55.2. The van der Waals surface area contributed by atoms with Crippen LogP contribution >= 0.6 is 11.6 Å². The number of nitrogens with one attached hydrogen (secondary N) is 2. The SMILES string of the molecule is CC(C)(C(=O)NCc1cc(F)c(C2CCC(=O)NC2=O)c(Cl)c1)c1ccc(OC(F)(F)F)nn1. The minimum atomic E-state index is -4.92. The van der Waals surface area contributed by atoms with E-state index in [9.17, 15) is 31.9 Å². The van der Waals surface area contributed by atoms with Crippen LogP contribution in [-0.2, 0) is 26.3 Å². The van der Waals surface area contributed by atoms with E-state index in [0.717, 1.165) is 12.1 Å². The summed E-state index contributed by atoms with van der Waals surface area (Å²) in [6.45, 7) is 2.84. The van der Waals surface area contributed by atoms with Crippen molar-refractivity contribution in [2.75, 3.05) is 0 Å². The fourth-order valence-corrected chi connectivity index (χ4v) is 3.75. The molecule has 13 heteroatoms. The van der Waals surface area contributed by atoms with Crippen molar-refractivity contribution in [3.05, 3.63) is 51.9 Å². The third-order valence-corrected chi connectivity index (χ3v) is 5.56. The molecular formula is C21H19ClF4N4O4. The van der Waals surface area contributed by atoms with Crippen molar-refractivity contribution in [1.82, 2.24) is 20.8 Å². The summed E-state index contributed by atoms with van der Waals surface area (Å²) in [6.07, 6.45) is -4.74. The molecule has 1 atom stereocenters. The van der Waals surface area contributed by atoms with Crippen molar-refractivity contribution in [2.24, 2.45) is 0 Å². The zero-order chi connectivity index (χ0) is 25.3. The Morgan fingerprint density at radius 1 is 1.24 bits per heavy atom. The number of ether oxygens (including phenoxy) is 1. The Balaban J connectivity index is 1.69. The van der Waals surface area contributed by atoms with Gasteiger partial charge in [0.2, 0.25) is 23.6 Å². The highest BCUT2D eigenvalue weighted by atomic mass is 35.5. The molecule has 2 N–H and O–H groups in total. The first-order valence-corrected chi connectivity index (χ1v) is 10.4. The lowest BCUT2D eigenvalue weighted by Gasteiger charge is -2.24. The molecule has 1 aliphatic heterocycles. The number of benzene rings is 1. The van der Waals surface area contributed by atoms with Gasteiger partial charge in [-0.2, -0.15) is 5.10 Å². The largest absolute Gasteiger partial charge is 0.574 e. The van der Waals surface area contributed by atoms with E-state index in [1.807, 2.05) is 0 Å². The van der Waals surface area contributed by atoms with Crippen molar-refractivity contribution in [3.8, 4) is 5.88 Å². The number of nitrogens with zero attached hydrogens (tertiary/aromatic N) is 2. The van der Waals surface area contributed by atoms with Crippen molar-refractivity contribution in [3.63, 3.8) is 0 Å². The summed E-state index contributed by atoms with van der Waals surface area (Å²) in [5.74, 6) is -4.06. The minimum Gasteiger partial charge on any atom is -0.386 e. The Morgan fingerprint density at radius 2 is 1.94 bits per heavy atom. The lowest BCUT2D eigenvalue weighted by Crippen LogP contribution is -2.40. The van der Waals surface area contributed by atoms with Crippen LogP contribution in [0.1, 0.15) is 49.4 Å². The van der Waals surface area contributed by atoms with Gasteiger partial charge in [0.15, 0.2) is 0 Å². The average molecular weight is 503 g/mol. The predicted molar refractivity (Wildman–Crippen MR) is 110 cm³/mol. The molecule has 8 nitrogen and oxygen atoms in total. The maximum absolute atomic E-state index is 14.8. The van der Waals surface area contributed by atoms with E-state index in [4.69, 9.17) is 11.6 Å². The van der Waals surface area contributed by atoms with Gasteiger partial charge in [0.1, 0.15) is 5.82 Å². The highest BCUT2D eigenvalue weighted by Gasteiger charge is 2.35. The van der Waals surface area contributed by atoms with Crippen LogP contribution in [0, 0.1) is 5.82 Å². The number of imide groups is 1. The third-order valence-electron chi connectivity index (χ3n) is 5.25. The average Bonchev–Trinajstić information content (AvgIpc) is 2.72. The van der Waals surface area contributed by atoms with Gasteiger partial charge in [-0.3, -0.25) is 19.7 Å². The second kappa shape index (κ2) is 9.53. The van der Waals surface area contributed by atoms with Gasteiger partial charge in [0.05, 0.1) is 17.0 Å². The molecule has 1 unspecified atom stereocenters. The number of amides is 3. The second-order valence-corrected chi connectivity index (χ2v) is 8.50. The fraction of sp³-hybridized carbons (Fsp3) is 0.381. The lowest BCUT2D eigenvalue weighted by molar-refractivity contribution is -0.276. The first-order chi connectivity index (χ1) is 15.8. The van der Waals surface area contributed by atoms with Gasteiger partial charge >= 0.3 is 6.36 Å². The van der Waals surface area contributed by atoms with Crippen molar-refractivity contribution in [2.45, 2.75) is 50.9 Å².